The van der Waals surface area contributed by atoms with Crippen molar-refractivity contribution in [3.8, 4) is 5.75 Å². The van der Waals surface area contributed by atoms with Crippen LogP contribution in [0.2, 0.25) is 0 Å². The van der Waals surface area contributed by atoms with Crippen molar-refractivity contribution in [2.45, 2.75) is 24.5 Å². The topological polar surface area (TPSA) is 89.4 Å². The van der Waals surface area contributed by atoms with Gasteiger partial charge >= 0.3 is 0 Å². The number of halogens is 1. The van der Waals surface area contributed by atoms with Crippen LogP contribution >= 0.6 is 15.9 Å². The Labute approximate surface area is 189 Å². The van der Waals surface area contributed by atoms with E-state index in [1.165, 1.54) is 7.11 Å². The molecule has 1 aliphatic rings. The standard InChI is InChI=1S/C23H25BrN2O5/c1-3-13-23(22(28)26-29-2)20(18-7-4-5-8-19(18)24)31-21(25-23)16-9-11-17(12-10-16)30-15-6-14-27/h3-5,7-12,20,27H,1,6,13-15H2,2H3,(H,26,28)/t20-,23-/m0/s1. The average molecular weight is 489 g/mol. The normalized spacial score (nSPS) is 20.0. The lowest BCUT2D eigenvalue weighted by Crippen LogP contribution is -2.47. The first kappa shape index (κ1) is 23.0. The number of nitrogens with zero attached hydrogens (tertiary/aromatic N) is 1. The first-order chi connectivity index (χ1) is 15.1. The van der Waals surface area contributed by atoms with E-state index in [0.29, 0.717) is 30.2 Å². The molecule has 0 fully saturated rings. The van der Waals surface area contributed by atoms with Gasteiger partial charge in [0.25, 0.3) is 5.91 Å². The van der Waals surface area contributed by atoms with Crippen LogP contribution in [0.4, 0.5) is 0 Å². The maximum absolute atomic E-state index is 13.1. The first-order valence-electron chi connectivity index (χ1n) is 9.85. The van der Waals surface area contributed by atoms with Gasteiger partial charge in [-0.3, -0.25) is 9.63 Å². The number of carbonyl (C=O) groups is 1. The Balaban J connectivity index is 1.99. The number of ether oxygens (including phenoxy) is 2. The summed E-state index contributed by atoms with van der Waals surface area (Å²) in [4.78, 5) is 22.7. The van der Waals surface area contributed by atoms with Crippen molar-refractivity contribution in [3.05, 3.63) is 76.8 Å². The number of aliphatic imine (C=N–C) groups is 1. The number of rotatable bonds is 10. The van der Waals surface area contributed by atoms with Crippen LogP contribution in [0, 0.1) is 0 Å². The fourth-order valence-corrected chi connectivity index (χ4v) is 3.87. The second-order valence-electron chi connectivity index (χ2n) is 6.94. The third-order valence-electron chi connectivity index (χ3n) is 4.87. The predicted octanol–water partition coefficient (Wildman–Crippen LogP) is 3.72. The molecular weight excluding hydrogens is 464 g/mol. The van der Waals surface area contributed by atoms with Gasteiger partial charge in [0.05, 0.1) is 13.7 Å². The zero-order chi connectivity index (χ0) is 22.3. The summed E-state index contributed by atoms with van der Waals surface area (Å²) in [5, 5.41) is 8.88. The summed E-state index contributed by atoms with van der Waals surface area (Å²) < 4.78 is 12.7. The van der Waals surface area contributed by atoms with E-state index in [-0.39, 0.29) is 13.0 Å². The van der Waals surface area contributed by atoms with Crippen LogP contribution in [0.25, 0.3) is 0 Å². The minimum atomic E-state index is -1.28. The molecule has 2 atom stereocenters. The number of hydrogen-bond acceptors (Lipinski definition) is 6. The molecule has 7 nitrogen and oxygen atoms in total. The monoisotopic (exact) mass is 488 g/mol. The van der Waals surface area contributed by atoms with Crippen LogP contribution in [-0.4, -0.2) is 42.8 Å². The average Bonchev–Trinajstić information content (AvgIpc) is 3.16. The van der Waals surface area contributed by atoms with Crippen LogP contribution in [0.5, 0.6) is 5.75 Å². The van der Waals surface area contributed by atoms with E-state index in [0.717, 1.165) is 10.0 Å². The molecule has 31 heavy (non-hydrogen) atoms. The molecule has 2 N–H and O–H groups in total. The molecule has 0 radical (unpaired) electrons. The number of aliphatic hydroxyl groups is 1. The molecule has 0 unspecified atom stereocenters. The van der Waals surface area contributed by atoms with E-state index >= 15 is 0 Å². The van der Waals surface area contributed by atoms with Crippen LogP contribution < -0.4 is 10.2 Å². The summed E-state index contributed by atoms with van der Waals surface area (Å²) in [6.45, 7) is 4.32. The maximum atomic E-state index is 13.1. The van der Waals surface area contributed by atoms with Crippen molar-refractivity contribution in [1.82, 2.24) is 5.48 Å². The van der Waals surface area contributed by atoms with Crippen LogP contribution in [0.15, 0.2) is 70.7 Å². The number of nitrogens with one attached hydrogen (secondary N) is 1. The fraction of sp³-hybridized carbons (Fsp3) is 0.304. The van der Waals surface area contributed by atoms with Crippen LogP contribution in [-0.2, 0) is 14.4 Å². The summed E-state index contributed by atoms with van der Waals surface area (Å²) >= 11 is 3.56. The highest BCUT2D eigenvalue weighted by atomic mass is 79.9. The minimum absolute atomic E-state index is 0.0775. The van der Waals surface area contributed by atoms with Gasteiger partial charge in [-0.2, -0.15) is 0 Å². The summed E-state index contributed by atoms with van der Waals surface area (Å²) in [6, 6.07) is 14.8. The smallest absolute Gasteiger partial charge is 0.276 e. The molecule has 8 heteroatoms. The highest BCUT2D eigenvalue weighted by molar-refractivity contribution is 9.10. The SMILES string of the molecule is C=CC[C@]1(C(=O)NOC)N=C(c2ccc(OCCCO)cc2)O[C@H]1c1ccccc1Br. The van der Waals surface area contributed by atoms with Gasteiger partial charge in [0.15, 0.2) is 11.6 Å². The number of hydrogen-bond donors (Lipinski definition) is 2. The Morgan fingerprint density at radius 1 is 1.32 bits per heavy atom. The quantitative estimate of drug-likeness (QED) is 0.302. The van der Waals surface area contributed by atoms with Crippen molar-refractivity contribution in [1.29, 1.82) is 0 Å². The second kappa shape index (κ2) is 10.6. The minimum Gasteiger partial charge on any atom is -0.494 e. The van der Waals surface area contributed by atoms with Crippen molar-refractivity contribution < 1.29 is 24.2 Å². The Morgan fingerprint density at radius 3 is 2.71 bits per heavy atom. The highest BCUT2D eigenvalue weighted by Gasteiger charge is 2.53. The van der Waals surface area contributed by atoms with Gasteiger partial charge in [-0.05, 0) is 30.3 Å². The van der Waals surface area contributed by atoms with Gasteiger partial charge in [-0.25, -0.2) is 10.5 Å². The van der Waals surface area contributed by atoms with Crippen molar-refractivity contribution in [2.75, 3.05) is 20.3 Å². The van der Waals surface area contributed by atoms with E-state index in [2.05, 4.69) is 28.0 Å². The molecule has 2 aromatic carbocycles. The number of amides is 1. The van der Waals surface area contributed by atoms with Crippen molar-refractivity contribution >= 4 is 27.7 Å². The molecule has 0 aliphatic carbocycles. The van der Waals surface area contributed by atoms with E-state index in [9.17, 15) is 4.79 Å². The molecule has 0 saturated carbocycles. The molecule has 0 saturated heterocycles. The molecular formula is C23H25BrN2O5. The lowest BCUT2D eigenvalue weighted by molar-refractivity contribution is -0.139. The molecule has 0 aromatic heterocycles. The van der Waals surface area contributed by atoms with E-state index in [1.807, 2.05) is 36.4 Å². The molecule has 1 aliphatic heterocycles. The first-order valence-corrected chi connectivity index (χ1v) is 10.6. The lowest BCUT2D eigenvalue weighted by Gasteiger charge is -2.29. The Hall–Kier alpha value is -2.68. The van der Waals surface area contributed by atoms with Crippen LogP contribution in [0.3, 0.4) is 0 Å². The van der Waals surface area contributed by atoms with Gasteiger partial charge in [-0.15, -0.1) is 6.58 Å². The fourth-order valence-electron chi connectivity index (χ4n) is 3.38. The number of carbonyl (C=O) groups excluding carboxylic acids is 1. The second-order valence-corrected chi connectivity index (χ2v) is 7.79. The van der Waals surface area contributed by atoms with Crippen LogP contribution in [0.1, 0.15) is 30.1 Å². The molecule has 164 valence electrons. The number of benzene rings is 2. The molecule has 0 bridgehead atoms. The third kappa shape index (κ3) is 4.98. The van der Waals surface area contributed by atoms with Crippen molar-refractivity contribution in [3.63, 3.8) is 0 Å². The Kier molecular flexibility index (Phi) is 7.84. The van der Waals surface area contributed by atoms with E-state index in [1.54, 1.807) is 18.2 Å². The number of hydroxylamine groups is 1. The summed E-state index contributed by atoms with van der Waals surface area (Å²) in [5.74, 6) is 0.595. The predicted molar refractivity (Wildman–Crippen MR) is 121 cm³/mol. The zero-order valence-electron chi connectivity index (χ0n) is 17.2. The molecule has 1 heterocycles. The van der Waals surface area contributed by atoms with Gasteiger partial charge in [-0.1, -0.05) is 40.2 Å². The number of aliphatic hydroxyl groups excluding tert-OH is 1. The molecule has 0 spiro atoms. The summed E-state index contributed by atoms with van der Waals surface area (Å²) in [6.07, 6.45) is 1.77. The summed E-state index contributed by atoms with van der Waals surface area (Å²) in [5.41, 5.74) is 2.63. The molecule has 1 amide bonds. The summed E-state index contributed by atoms with van der Waals surface area (Å²) in [7, 11) is 1.38. The van der Waals surface area contributed by atoms with Gasteiger partial charge in [0.1, 0.15) is 5.75 Å². The lowest BCUT2D eigenvalue weighted by atomic mass is 9.84. The molecule has 3 rings (SSSR count). The van der Waals surface area contributed by atoms with Gasteiger partial charge in [0.2, 0.25) is 5.90 Å². The van der Waals surface area contributed by atoms with Gasteiger partial charge in [0, 0.05) is 35.0 Å². The van der Waals surface area contributed by atoms with E-state index < -0.39 is 17.6 Å². The van der Waals surface area contributed by atoms with E-state index in [4.69, 9.17) is 24.4 Å². The third-order valence-corrected chi connectivity index (χ3v) is 5.59. The van der Waals surface area contributed by atoms with Crippen molar-refractivity contribution in [2.24, 2.45) is 4.99 Å². The maximum Gasteiger partial charge on any atom is 0.276 e. The Morgan fingerprint density at radius 2 is 2.06 bits per heavy atom. The highest BCUT2D eigenvalue weighted by Crippen LogP contribution is 2.44. The zero-order valence-corrected chi connectivity index (χ0v) is 18.8. The Bertz CT molecular complexity index is 947. The largest absolute Gasteiger partial charge is 0.494 e. The van der Waals surface area contributed by atoms with Gasteiger partial charge < -0.3 is 14.6 Å². The molecule has 2 aromatic rings.